The number of Topliss-reactive ketones (excluding diaryl/α,β-unsaturated/α-hetero) is 1. The van der Waals surface area contributed by atoms with Gasteiger partial charge in [-0.3, -0.25) is 9.59 Å². The van der Waals surface area contributed by atoms with Gasteiger partial charge in [0, 0.05) is 23.1 Å². The second kappa shape index (κ2) is 8.55. The van der Waals surface area contributed by atoms with Crippen LogP contribution in [0.3, 0.4) is 0 Å². The normalized spacial score (nSPS) is 11.6. The zero-order chi connectivity index (χ0) is 17.5. The largest absolute Gasteiger partial charge is 0.494 e. The molecular formula is C19H21NO3S. The highest BCUT2D eigenvalue weighted by atomic mass is 32.2. The standard InChI is InChI=1S/C19H21NO3S/c1-4-23-17-9-5-15(6-10-17)19(22)13(2)24-18-11-7-16(8-12-18)20-14(3)21/h5-13H,4H2,1-3H3,(H,20,21)/t13-/m1/s1. The summed E-state index contributed by atoms with van der Waals surface area (Å²) in [5, 5.41) is 2.52. The molecule has 4 nitrogen and oxygen atoms in total. The van der Waals surface area contributed by atoms with Gasteiger partial charge in [0.2, 0.25) is 5.91 Å². The van der Waals surface area contributed by atoms with Gasteiger partial charge in [0.15, 0.2) is 5.78 Å². The van der Waals surface area contributed by atoms with Crippen molar-refractivity contribution in [2.45, 2.75) is 30.9 Å². The summed E-state index contributed by atoms with van der Waals surface area (Å²) in [5.41, 5.74) is 1.42. The van der Waals surface area contributed by atoms with Gasteiger partial charge in [-0.05, 0) is 62.4 Å². The molecule has 0 saturated carbocycles. The van der Waals surface area contributed by atoms with E-state index in [9.17, 15) is 9.59 Å². The fourth-order valence-electron chi connectivity index (χ4n) is 2.19. The number of benzene rings is 2. The number of anilines is 1. The second-order valence-corrected chi connectivity index (χ2v) is 6.70. The van der Waals surface area contributed by atoms with Crippen LogP contribution in [-0.2, 0) is 4.79 Å². The van der Waals surface area contributed by atoms with Crippen LogP contribution in [0, 0.1) is 0 Å². The van der Waals surface area contributed by atoms with E-state index in [2.05, 4.69) is 5.32 Å². The molecule has 24 heavy (non-hydrogen) atoms. The Balaban J connectivity index is 1.99. The van der Waals surface area contributed by atoms with Crippen LogP contribution in [0.4, 0.5) is 5.69 Å². The van der Waals surface area contributed by atoms with Gasteiger partial charge in [-0.2, -0.15) is 0 Å². The molecule has 0 unspecified atom stereocenters. The van der Waals surface area contributed by atoms with Gasteiger partial charge in [-0.25, -0.2) is 0 Å². The van der Waals surface area contributed by atoms with Gasteiger partial charge >= 0.3 is 0 Å². The molecule has 0 aliphatic heterocycles. The van der Waals surface area contributed by atoms with Crippen molar-refractivity contribution in [1.82, 2.24) is 0 Å². The zero-order valence-electron chi connectivity index (χ0n) is 14.0. The van der Waals surface area contributed by atoms with E-state index in [-0.39, 0.29) is 16.9 Å². The molecule has 1 N–H and O–H groups in total. The summed E-state index contributed by atoms with van der Waals surface area (Å²) in [6.45, 7) is 5.90. The lowest BCUT2D eigenvalue weighted by Crippen LogP contribution is -2.13. The number of ether oxygens (including phenoxy) is 1. The van der Waals surface area contributed by atoms with Gasteiger partial charge in [0.25, 0.3) is 0 Å². The van der Waals surface area contributed by atoms with Crippen molar-refractivity contribution >= 4 is 29.1 Å². The Morgan fingerprint density at radius 1 is 1.08 bits per heavy atom. The summed E-state index contributed by atoms with van der Waals surface area (Å²) < 4.78 is 5.39. The van der Waals surface area contributed by atoms with Crippen molar-refractivity contribution in [1.29, 1.82) is 0 Å². The fourth-order valence-corrected chi connectivity index (χ4v) is 3.14. The maximum absolute atomic E-state index is 12.5. The van der Waals surface area contributed by atoms with Crippen molar-refractivity contribution in [2.75, 3.05) is 11.9 Å². The number of amides is 1. The van der Waals surface area contributed by atoms with Crippen molar-refractivity contribution < 1.29 is 14.3 Å². The van der Waals surface area contributed by atoms with Crippen LogP contribution in [0.1, 0.15) is 31.1 Å². The molecule has 5 heteroatoms. The average Bonchev–Trinajstić information content (AvgIpc) is 2.56. The highest BCUT2D eigenvalue weighted by molar-refractivity contribution is 8.00. The maximum Gasteiger partial charge on any atom is 0.221 e. The minimum absolute atomic E-state index is 0.0778. The maximum atomic E-state index is 12.5. The topological polar surface area (TPSA) is 55.4 Å². The van der Waals surface area contributed by atoms with Gasteiger partial charge < -0.3 is 10.1 Å². The van der Waals surface area contributed by atoms with Crippen molar-refractivity contribution in [3.63, 3.8) is 0 Å². The molecule has 0 heterocycles. The van der Waals surface area contributed by atoms with Crippen LogP contribution >= 0.6 is 11.8 Å². The molecule has 2 aromatic carbocycles. The summed E-state index contributed by atoms with van der Waals surface area (Å²) in [6.07, 6.45) is 0. The number of rotatable bonds is 7. The lowest BCUT2D eigenvalue weighted by molar-refractivity contribution is -0.114. The monoisotopic (exact) mass is 343 g/mol. The number of nitrogens with one attached hydrogen (secondary N) is 1. The van der Waals surface area contributed by atoms with Crippen LogP contribution in [0.5, 0.6) is 5.75 Å². The van der Waals surface area contributed by atoms with Gasteiger partial charge in [-0.15, -0.1) is 11.8 Å². The lowest BCUT2D eigenvalue weighted by atomic mass is 10.1. The van der Waals surface area contributed by atoms with Crippen LogP contribution in [0.25, 0.3) is 0 Å². The molecule has 126 valence electrons. The molecular weight excluding hydrogens is 322 g/mol. The summed E-state index contributed by atoms with van der Waals surface area (Å²) in [4.78, 5) is 24.5. The summed E-state index contributed by atoms with van der Waals surface area (Å²) in [7, 11) is 0. The number of thioether (sulfide) groups is 1. The molecule has 0 saturated heterocycles. The third-order valence-corrected chi connectivity index (χ3v) is 4.42. The molecule has 1 amide bonds. The molecule has 0 aliphatic rings. The van der Waals surface area contributed by atoms with Crippen molar-refractivity contribution in [3.05, 3.63) is 54.1 Å². The summed E-state index contributed by atoms with van der Waals surface area (Å²) >= 11 is 1.50. The molecule has 1 atom stereocenters. The van der Waals surface area contributed by atoms with Crippen molar-refractivity contribution in [2.24, 2.45) is 0 Å². The minimum Gasteiger partial charge on any atom is -0.494 e. The molecule has 0 radical (unpaired) electrons. The molecule has 2 rings (SSSR count). The fraction of sp³-hybridized carbons (Fsp3) is 0.263. The van der Waals surface area contributed by atoms with E-state index in [1.165, 1.54) is 18.7 Å². The first-order valence-corrected chi connectivity index (χ1v) is 8.69. The van der Waals surface area contributed by atoms with E-state index in [0.717, 1.165) is 16.3 Å². The Labute approximate surface area is 146 Å². The Hall–Kier alpha value is -2.27. The van der Waals surface area contributed by atoms with Gasteiger partial charge in [0.05, 0.1) is 11.9 Å². The second-order valence-electron chi connectivity index (χ2n) is 5.29. The molecule has 0 fully saturated rings. The molecule has 0 aliphatic carbocycles. The molecule has 0 aromatic heterocycles. The molecule has 0 bridgehead atoms. The van der Waals surface area contributed by atoms with Crippen LogP contribution in [0.15, 0.2) is 53.4 Å². The highest BCUT2D eigenvalue weighted by Gasteiger charge is 2.16. The Bertz CT molecular complexity index is 696. The molecule has 2 aromatic rings. The first-order valence-electron chi connectivity index (χ1n) is 7.81. The zero-order valence-corrected chi connectivity index (χ0v) is 14.9. The quantitative estimate of drug-likeness (QED) is 0.598. The highest BCUT2D eigenvalue weighted by Crippen LogP contribution is 2.27. The van der Waals surface area contributed by atoms with Crippen LogP contribution in [-0.4, -0.2) is 23.5 Å². The van der Waals surface area contributed by atoms with E-state index in [1.807, 2.05) is 50.2 Å². The third-order valence-electron chi connectivity index (χ3n) is 3.31. The minimum atomic E-state index is -0.199. The number of carbonyl (C=O) groups is 2. The van der Waals surface area contributed by atoms with Crippen molar-refractivity contribution in [3.8, 4) is 5.75 Å². The van der Waals surface area contributed by atoms with Crippen LogP contribution in [0.2, 0.25) is 0 Å². The first-order chi connectivity index (χ1) is 11.5. The summed E-state index contributed by atoms with van der Waals surface area (Å²) in [6, 6.07) is 14.7. The first kappa shape index (κ1) is 18.1. The van der Waals surface area contributed by atoms with E-state index in [4.69, 9.17) is 4.74 Å². The predicted octanol–water partition coefficient (Wildman–Crippen LogP) is 4.41. The lowest BCUT2D eigenvalue weighted by Gasteiger charge is -2.11. The average molecular weight is 343 g/mol. The number of hydrogen-bond donors (Lipinski definition) is 1. The third kappa shape index (κ3) is 5.13. The van der Waals surface area contributed by atoms with Gasteiger partial charge in [-0.1, -0.05) is 0 Å². The van der Waals surface area contributed by atoms with E-state index in [0.29, 0.717) is 12.2 Å². The Morgan fingerprint density at radius 2 is 1.71 bits per heavy atom. The Morgan fingerprint density at radius 3 is 2.25 bits per heavy atom. The predicted molar refractivity (Wildman–Crippen MR) is 98.0 cm³/mol. The number of ketones is 1. The number of hydrogen-bond acceptors (Lipinski definition) is 4. The summed E-state index contributed by atoms with van der Waals surface area (Å²) in [5.74, 6) is 0.742. The SMILES string of the molecule is CCOc1ccc(C(=O)[C@@H](C)Sc2ccc(NC(C)=O)cc2)cc1. The van der Waals surface area contributed by atoms with E-state index < -0.39 is 0 Å². The number of carbonyl (C=O) groups excluding carboxylic acids is 2. The molecule has 0 spiro atoms. The smallest absolute Gasteiger partial charge is 0.221 e. The Kier molecular flexibility index (Phi) is 6.44. The van der Waals surface area contributed by atoms with E-state index >= 15 is 0 Å². The van der Waals surface area contributed by atoms with Crippen LogP contribution < -0.4 is 10.1 Å². The van der Waals surface area contributed by atoms with E-state index in [1.54, 1.807) is 12.1 Å². The van der Waals surface area contributed by atoms with Gasteiger partial charge in [0.1, 0.15) is 5.75 Å².